The standard InChI is InChI=1S/C25H25N2S2.C7H8O3S/c1-2-17(18-9-7-15-26-20-11-3-5-13-22(20)28-24(18)26)19-10-8-16-27-21-12-4-6-14-23(21)29-25(19)27;1-6-4-2-3-5-7(6)11(8,9)10/h3-6,11-14H,2,7-10,15-16H2,1H3;2-5H,1H3,(H,8,9,10)/q+1;/p-1. The zero-order chi connectivity index (χ0) is 27.9. The van der Waals surface area contributed by atoms with Crippen LogP contribution in [0.25, 0.3) is 15.8 Å². The molecule has 3 aliphatic rings. The lowest BCUT2D eigenvalue weighted by molar-refractivity contribution is -0.672. The van der Waals surface area contributed by atoms with Crippen molar-refractivity contribution in [1.29, 1.82) is 0 Å². The first-order valence-corrected chi connectivity index (χ1v) is 16.8. The van der Waals surface area contributed by atoms with Gasteiger partial charge in [0.1, 0.15) is 14.8 Å². The molecule has 4 heterocycles. The molecule has 3 aromatic carbocycles. The summed E-state index contributed by atoms with van der Waals surface area (Å²) in [5, 5.41) is 3.00. The zero-order valence-corrected chi connectivity index (χ0v) is 25.2. The molecule has 1 aromatic heterocycles. The van der Waals surface area contributed by atoms with Crippen LogP contribution in [-0.4, -0.2) is 19.5 Å². The maximum atomic E-state index is 10.5. The second-order valence-electron chi connectivity index (χ2n) is 10.3. The van der Waals surface area contributed by atoms with Crippen LogP contribution in [0.15, 0.2) is 98.8 Å². The average Bonchev–Trinajstić information content (AvgIpc) is 3.53. The minimum atomic E-state index is -4.28. The molecule has 0 unspecified atom stereocenters. The molecule has 0 spiro atoms. The highest BCUT2D eigenvalue weighted by Crippen LogP contribution is 2.52. The number of allylic oxidation sites excluding steroid dienone is 3. The molecule has 3 aliphatic heterocycles. The molecule has 0 saturated heterocycles. The molecule has 0 amide bonds. The van der Waals surface area contributed by atoms with Crippen LogP contribution >= 0.6 is 23.1 Å². The third-order valence-electron chi connectivity index (χ3n) is 7.79. The minimum absolute atomic E-state index is 0.139. The van der Waals surface area contributed by atoms with Crippen molar-refractivity contribution in [3.63, 3.8) is 0 Å². The van der Waals surface area contributed by atoms with Gasteiger partial charge in [0.25, 0.3) is 5.01 Å². The second kappa shape index (κ2) is 11.2. The van der Waals surface area contributed by atoms with Gasteiger partial charge in [-0.25, -0.2) is 8.42 Å². The van der Waals surface area contributed by atoms with Crippen molar-refractivity contribution >= 4 is 54.7 Å². The molecular weight excluding hydrogens is 557 g/mol. The Bertz CT molecular complexity index is 1770. The highest BCUT2D eigenvalue weighted by molar-refractivity contribution is 8.03. The molecule has 4 aromatic rings. The Kier molecular flexibility index (Phi) is 7.61. The van der Waals surface area contributed by atoms with E-state index in [1.165, 1.54) is 68.7 Å². The summed E-state index contributed by atoms with van der Waals surface area (Å²) < 4.78 is 35.5. The predicted octanol–water partition coefficient (Wildman–Crippen LogP) is 7.66. The van der Waals surface area contributed by atoms with E-state index in [1.54, 1.807) is 35.8 Å². The number of aryl methyl sites for hydroxylation is 2. The highest BCUT2D eigenvalue weighted by atomic mass is 32.2. The van der Waals surface area contributed by atoms with Gasteiger partial charge in [-0.3, -0.25) is 0 Å². The molecule has 7 rings (SSSR count). The summed E-state index contributed by atoms with van der Waals surface area (Å²) in [6, 6.07) is 23.9. The Morgan fingerprint density at radius 3 is 2.50 bits per heavy atom. The van der Waals surface area contributed by atoms with Crippen LogP contribution in [-0.2, 0) is 16.7 Å². The van der Waals surface area contributed by atoms with Gasteiger partial charge in [0.15, 0.2) is 6.54 Å². The van der Waals surface area contributed by atoms with Gasteiger partial charge in [-0.15, -0.1) is 0 Å². The topological polar surface area (TPSA) is 64.3 Å². The molecule has 0 N–H and O–H groups in total. The van der Waals surface area contributed by atoms with E-state index in [0.717, 1.165) is 19.5 Å². The van der Waals surface area contributed by atoms with Gasteiger partial charge in [-0.2, -0.15) is 4.57 Å². The molecule has 0 saturated carbocycles. The lowest BCUT2D eigenvalue weighted by Crippen LogP contribution is -2.39. The number of thiazole rings is 1. The fraction of sp³-hybridized carbons (Fsp3) is 0.281. The molecule has 0 radical (unpaired) electrons. The summed E-state index contributed by atoms with van der Waals surface area (Å²) in [4.78, 5) is 3.86. The highest BCUT2D eigenvalue weighted by Gasteiger charge is 2.35. The van der Waals surface area contributed by atoms with Crippen molar-refractivity contribution < 1.29 is 17.5 Å². The van der Waals surface area contributed by atoms with Crippen molar-refractivity contribution in [2.24, 2.45) is 0 Å². The first-order chi connectivity index (χ1) is 19.4. The fourth-order valence-corrected chi connectivity index (χ4v) is 9.29. The predicted molar refractivity (Wildman–Crippen MR) is 164 cm³/mol. The van der Waals surface area contributed by atoms with Gasteiger partial charge < -0.3 is 9.45 Å². The normalized spacial score (nSPS) is 17.6. The smallest absolute Gasteiger partial charge is 0.266 e. The number of benzene rings is 3. The third-order valence-corrected chi connectivity index (χ3v) is 11.2. The Hall–Kier alpha value is -2.91. The lowest BCUT2D eigenvalue weighted by Gasteiger charge is -2.30. The van der Waals surface area contributed by atoms with Gasteiger partial charge >= 0.3 is 0 Å². The average molecular weight is 589 g/mol. The summed E-state index contributed by atoms with van der Waals surface area (Å²) in [5.74, 6) is 0. The Labute approximate surface area is 244 Å². The second-order valence-corrected chi connectivity index (χ2v) is 13.7. The quantitative estimate of drug-likeness (QED) is 0.182. The van der Waals surface area contributed by atoms with Gasteiger partial charge in [-0.1, -0.05) is 72.5 Å². The van der Waals surface area contributed by atoms with Crippen LogP contribution < -0.4 is 9.47 Å². The Balaban J connectivity index is 0.000000223. The van der Waals surface area contributed by atoms with E-state index in [-0.39, 0.29) is 4.90 Å². The first-order valence-electron chi connectivity index (χ1n) is 13.8. The first kappa shape index (κ1) is 27.3. The van der Waals surface area contributed by atoms with E-state index in [9.17, 15) is 13.0 Å². The van der Waals surface area contributed by atoms with Crippen molar-refractivity contribution in [3.8, 4) is 0 Å². The number of rotatable bonds is 3. The van der Waals surface area contributed by atoms with E-state index >= 15 is 0 Å². The molecule has 0 bridgehead atoms. The van der Waals surface area contributed by atoms with Gasteiger partial charge in [-0.05, 0) is 73.6 Å². The number of aromatic nitrogens is 1. The molecular formula is C32H32N2O3S3. The maximum Gasteiger partial charge on any atom is 0.266 e. The molecule has 206 valence electrons. The van der Waals surface area contributed by atoms with Crippen LogP contribution in [0, 0.1) is 6.92 Å². The van der Waals surface area contributed by atoms with Gasteiger partial charge in [0.05, 0.1) is 15.6 Å². The van der Waals surface area contributed by atoms with Crippen molar-refractivity contribution in [3.05, 3.63) is 99.5 Å². The summed E-state index contributed by atoms with van der Waals surface area (Å²) in [5.41, 5.74) is 8.14. The summed E-state index contributed by atoms with van der Waals surface area (Å²) in [6.45, 7) is 6.24. The summed E-state index contributed by atoms with van der Waals surface area (Å²) in [6.07, 6.45) is 6.04. The molecule has 5 nitrogen and oxygen atoms in total. The third kappa shape index (κ3) is 5.02. The number of para-hydroxylation sites is 2. The molecule has 0 fully saturated rings. The molecule has 40 heavy (non-hydrogen) atoms. The molecule has 8 heteroatoms. The van der Waals surface area contributed by atoms with E-state index in [4.69, 9.17) is 0 Å². The fourth-order valence-electron chi connectivity index (χ4n) is 6.01. The van der Waals surface area contributed by atoms with Crippen molar-refractivity contribution in [2.45, 2.75) is 62.3 Å². The number of fused-ring (bicyclic) bond motifs is 6. The summed E-state index contributed by atoms with van der Waals surface area (Å²) >= 11 is 3.98. The van der Waals surface area contributed by atoms with Crippen LogP contribution in [0.4, 0.5) is 5.69 Å². The Morgan fingerprint density at radius 2 is 1.73 bits per heavy atom. The van der Waals surface area contributed by atoms with Gasteiger partial charge in [0.2, 0.25) is 5.52 Å². The van der Waals surface area contributed by atoms with E-state index in [1.807, 2.05) is 23.1 Å². The SMILES string of the molecule is CCC(C1=C2Sc3ccccc3N2CCC1)=C1CCC[n+]2c1sc1ccccc12.Cc1ccccc1S(=O)(=O)[O-]. The van der Waals surface area contributed by atoms with Gasteiger partial charge in [0, 0.05) is 29.5 Å². The minimum Gasteiger partial charge on any atom is -0.744 e. The number of nitrogens with zero attached hydrogens (tertiary/aromatic N) is 2. The summed E-state index contributed by atoms with van der Waals surface area (Å²) in [7, 11) is -4.28. The van der Waals surface area contributed by atoms with Crippen molar-refractivity contribution in [1.82, 2.24) is 0 Å². The number of thioether (sulfide) groups is 1. The van der Waals surface area contributed by atoms with Crippen LogP contribution in [0.3, 0.4) is 0 Å². The van der Waals surface area contributed by atoms with Crippen LogP contribution in [0.5, 0.6) is 0 Å². The molecule has 0 atom stereocenters. The van der Waals surface area contributed by atoms with E-state index < -0.39 is 10.1 Å². The van der Waals surface area contributed by atoms with Crippen molar-refractivity contribution in [2.75, 3.05) is 11.4 Å². The Morgan fingerprint density at radius 1 is 0.975 bits per heavy atom. The largest absolute Gasteiger partial charge is 0.744 e. The monoisotopic (exact) mass is 588 g/mol. The number of hydrogen-bond donors (Lipinski definition) is 0. The number of hydrogen-bond acceptors (Lipinski definition) is 6. The molecule has 0 aliphatic carbocycles. The van der Waals surface area contributed by atoms with Crippen LogP contribution in [0.1, 0.15) is 49.6 Å². The van der Waals surface area contributed by atoms with E-state index in [0.29, 0.717) is 5.56 Å². The number of anilines is 1. The van der Waals surface area contributed by atoms with E-state index in [2.05, 4.69) is 64.9 Å². The lowest BCUT2D eigenvalue weighted by atomic mass is 9.90. The van der Waals surface area contributed by atoms with Crippen LogP contribution in [0.2, 0.25) is 0 Å². The zero-order valence-electron chi connectivity index (χ0n) is 22.7. The maximum absolute atomic E-state index is 10.5.